The molecule has 0 spiro atoms. The van der Waals surface area contributed by atoms with Gasteiger partial charge in [-0.15, -0.1) is 0 Å². The van der Waals surface area contributed by atoms with E-state index in [-0.39, 0.29) is 18.2 Å². The van der Waals surface area contributed by atoms with Crippen molar-refractivity contribution in [3.63, 3.8) is 0 Å². The van der Waals surface area contributed by atoms with Gasteiger partial charge in [0.25, 0.3) is 0 Å². The van der Waals surface area contributed by atoms with Crippen molar-refractivity contribution in [2.75, 3.05) is 19.7 Å². The van der Waals surface area contributed by atoms with Gasteiger partial charge in [-0.3, -0.25) is 0 Å². The summed E-state index contributed by atoms with van der Waals surface area (Å²) in [5.74, 6) is 0. The van der Waals surface area contributed by atoms with Gasteiger partial charge in [-0.05, 0) is 19.4 Å². The number of hydrogen-bond donors (Lipinski definition) is 0. The molecule has 2 aliphatic heterocycles. The van der Waals surface area contributed by atoms with E-state index in [1.54, 1.807) is 0 Å². The Morgan fingerprint density at radius 3 is 2.63 bits per heavy atom. The third-order valence-corrected chi connectivity index (χ3v) is 3.83. The maximum Gasteiger partial charge on any atom is 0.320 e. The van der Waals surface area contributed by atoms with E-state index in [9.17, 15) is 4.79 Å². The number of urea groups is 1. The van der Waals surface area contributed by atoms with Crippen LogP contribution in [-0.2, 0) is 11.3 Å². The highest BCUT2D eigenvalue weighted by atomic mass is 16.6. The minimum absolute atomic E-state index is 0.142. The van der Waals surface area contributed by atoms with Crippen LogP contribution in [0, 0.1) is 6.92 Å². The fourth-order valence-electron chi connectivity index (χ4n) is 2.56. The summed E-state index contributed by atoms with van der Waals surface area (Å²) in [5, 5.41) is 0. The van der Waals surface area contributed by atoms with E-state index >= 15 is 0 Å². The lowest BCUT2D eigenvalue weighted by atomic mass is 10.1. The molecule has 2 aliphatic rings. The number of nitrogens with zero attached hydrogens (tertiary/aromatic N) is 2. The summed E-state index contributed by atoms with van der Waals surface area (Å²) in [4.78, 5) is 16.2. The van der Waals surface area contributed by atoms with E-state index in [0.29, 0.717) is 6.54 Å². The number of carbonyl (C=O) groups is 1. The highest BCUT2D eigenvalue weighted by Gasteiger charge is 2.38. The van der Waals surface area contributed by atoms with E-state index < -0.39 is 0 Å². The topological polar surface area (TPSA) is 36.1 Å². The maximum atomic E-state index is 12.3. The van der Waals surface area contributed by atoms with Gasteiger partial charge < -0.3 is 14.5 Å². The first-order chi connectivity index (χ1) is 9.13. The SMILES string of the molecule is Cc1ccc(CN2CC(C)N(CC3CO3)C2=O)cc1. The van der Waals surface area contributed by atoms with Crippen LogP contribution in [0.15, 0.2) is 24.3 Å². The highest BCUT2D eigenvalue weighted by Crippen LogP contribution is 2.22. The summed E-state index contributed by atoms with van der Waals surface area (Å²) in [6, 6.07) is 8.80. The number of rotatable bonds is 4. The third kappa shape index (κ3) is 2.73. The van der Waals surface area contributed by atoms with Gasteiger partial charge in [0.2, 0.25) is 0 Å². The van der Waals surface area contributed by atoms with Crippen molar-refractivity contribution in [3.05, 3.63) is 35.4 Å². The minimum Gasteiger partial charge on any atom is -0.371 e. The number of ether oxygens (including phenoxy) is 1. The second kappa shape index (κ2) is 4.85. The van der Waals surface area contributed by atoms with Crippen LogP contribution in [0.1, 0.15) is 18.1 Å². The fraction of sp³-hybridized carbons (Fsp3) is 0.533. The normalized spacial score (nSPS) is 26.1. The molecule has 0 aromatic heterocycles. The molecule has 2 atom stereocenters. The molecule has 2 amide bonds. The predicted molar refractivity (Wildman–Crippen MR) is 72.9 cm³/mol. The van der Waals surface area contributed by atoms with Gasteiger partial charge in [-0.1, -0.05) is 29.8 Å². The van der Waals surface area contributed by atoms with Crippen LogP contribution in [0.5, 0.6) is 0 Å². The molecule has 0 saturated carbocycles. The minimum atomic E-state index is 0.142. The third-order valence-electron chi connectivity index (χ3n) is 3.83. The maximum absolute atomic E-state index is 12.3. The molecule has 3 rings (SSSR count). The zero-order chi connectivity index (χ0) is 13.4. The predicted octanol–water partition coefficient (Wildman–Crippen LogP) is 2.02. The smallest absolute Gasteiger partial charge is 0.320 e. The summed E-state index contributed by atoms with van der Waals surface area (Å²) >= 11 is 0. The summed E-state index contributed by atoms with van der Waals surface area (Å²) in [6.07, 6.45) is 0.269. The Bertz CT molecular complexity index is 468. The monoisotopic (exact) mass is 260 g/mol. The molecule has 1 aromatic carbocycles. The lowest BCUT2D eigenvalue weighted by Gasteiger charge is -2.19. The average Bonchev–Trinajstić information content (AvgIpc) is 3.16. The molecule has 2 fully saturated rings. The second-order valence-corrected chi connectivity index (χ2v) is 5.61. The first kappa shape index (κ1) is 12.5. The summed E-state index contributed by atoms with van der Waals surface area (Å²) in [5.41, 5.74) is 2.44. The van der Waals surface area contributed by atoms with Crippen LogP contribution >= 0.6 is 0 Å². The summed E-state index contributed by atoms with van der Waals surface area (Å²) in [7, 11) is 0. The molecule has 2 unspecified atom stereocenters. The number of hydrogen-bond acceptors (Lipinski definition) is 2. The van der Waals surface area contributed by atoms with Gasteiger partial charge in [0.05, 0.1) is 19.3 Å². The zero-order valence-corrected chi connectivity index (χ0v) is 11.5. The van der Waals surface area contributed by atoms with Crippen molar-refractivity contribution < 1.29 is 9.53 Å². The van der Waals surface area contributed by atoms with Crippen molar-refractivity contribution >= 4 is 6.03 Å². The highest BCUT2D eigenvalue weighted by molar-refractivity contribution is 5.77. The van der Waals surface area contributed by atoms with E-state index in [0.717, 1.165) is 19.7 Å². The molecule has 0 N–H and O–H groups in total. The number of carbonyl (C=O) groups excluding carboxylic acids is 1. The van der Waals surface area contributed by atoms with Crippen LogP contribution in [0.4, 0.5) is 4.79 Å². The Kier molecular flexibility index (Phi) is 3.19. The van der Waals surface area contributed by atoms with Crippen molar-refractivity contribution in [1.82, 2.24) is 9.80 Å². The van der Waals surface area contributed by atoms with Gasteiger partial charge in [0, 0.05) is 19.1 Å². The van der Waals surface area contributed by atoms with Gasteiger partial charge in [-0.25, -0.2) is 4.79 Å². The first-order valence-electron chi connectivity index (χ1n) is 6.86. The van der Waals surface area contributed by atoms with Crippen molar-refractivity contribution in [2.24, 2.45) is 0 Å². The molecule has 2 saturated heterocycles. The van der Waals surface area contributed by atoms with Crippen molar-refractivity contribution in [2.45, 2.75) is 32.5 Å². The number of epoxide rings is 1. The Morgan fingerprint density at radius 1 is 1.32 bits per heavy atom. The van der Waals surface area contributed by atoms with Gasteiger partial charge in [0.15, 0.2) is 0 Å². The van der Waals surface area contributed by atoms with Crippen LogP contribution in [-0.4, -0.2) is 47.7 Å². The first-order valence-corrected chi connectivity index (χ1v) is 6.86. The number of benzene rings is 1. The molecule has 1 aromatic rings. The number of amides is 2. The van der Waals surface area contributed by atoms with Crippen LogP contribution in [0.25, 0.3) is 0 Å². The number of aryl methyl sites for hydroxylation is 1. The van der Waals surface area contributed by atoms with Crippen molar-refractivity contribution in [1.29, 1.82) is 0 Å². The second-order valence-electron chi connectivity index (χ2n) is 5.61. The molecular weight excluding hydrogens is 240 g/mol. The Morgan fingerprint density at radius 2 is 2.00 bits per heavy atom. The summed E-state index contributed by atoms with van der Waals surface area (Å²) in [6.45, 7) is 7.23. The summed E-state index contributed by atoms with van der Waals surface area (Å²) < 4.78 is 5.22. The van der Waals surface area contributed by atoms with Gasteiger partial charge >= 0.3 is 6.03 Å². The molecule has 19 heavy (non-hydrogen) atoms. The molecule has 102 valence electrons. The van der Waals surface area contributed by atoms with Gasteiger partial charge in [0.1, 0.15) is 0 Å². The van der Waals surface area contributed by atoms with E-state index in [1.807, 2.05) is 9.80 Å². The fourth-order valence-corrected chi connectivity index (χ4v) is 2.56. The lowest BCUT2D eigenvalue weighted by molar-refractivity contribution is 0.181. The van der Waals surface area contributed by atoms with E-state index in [2.05, 4.69) is 38.1 Å². The average molecular weight is 260 g/mol. The van der Waals surface area contributed by atoms with Crippen LogP contribution in [0.2, 0.25) is 0 Å². The molecule has 2 heterocycles. The molecule has 4 heteroatoms. The molecular formula is C15H20N2O2. The Hall–Kier alpha value is -1.55. The Balaban J connectivity index is 1.65. The van der Waals surface area contributed by atoms with E-state index in [4.69, 9.17) is 4.74 Å². The Labute approximate surface area is 113 Å². The zero-order valence-electron chi connectivity index (χ0n) is 11.5. The van der Waals surface area contributed by atoms with Crippen molar-refractivity contribution in [3.8, 4) is 0 Å². The van der Waals surface area contributed by atoms with Crippen LogP contribution < -0.4 is 0 Å². The van der Waals surface area contributed by atoms with E-state index in [1.165, 1.54) is 11.1 Å². The molecule has 0 aliphatic carbocycles. The lowest BCUT2D eigenvalue weighted by Crippen LogP contribution is -2.36. The quantitative estimate of drug-likeness (QED) is 0.776. The largest absolute Gasteiger partial charge is 0.371 e. The molecule has 0 bridgehead atoms. The molecule has 4 nitrogen and oxygen atoms in total. The van der Waals surface area contributed by atoms with Crippen LogP contribution in [0.3, 0.4) is 0 Å². The standard InChI is InChI=1S/C15H20N2O2/c1-11-3-5-13(6-4-11)8-16-7-12(2)17(15(16)18)9-14-10-19-14/h3-6,12,14H,7-10H2,1-2H3. The molecule has 0 radical (unpaired) electrons. The van der Waals surface area contributed by atoms with Gasteiger partial charge in [-0.2, -0.15) is 0 Å².